The second-order valence-electron chi connectivity index (χ2n) is 7.46. The van der Waals surface area contributed by atoms with Gasteiger partial charge in [0, 0.05) is 12.2 Å². The molecule has 1 amide bonds. The zero-order valence-corrected chi connectivity index (χ0v) is 14.8. The summed E-state index contributed by atoms with van der Waals surface area (Å²) in [6.45, 7) is 1.22. The smallest absolute Gasteiger partial charge is 0.422 e. The van der Waals surface area contributed by atoms with Gasteiger partial charge in [-0.15, -0.1) is 0 Å². The molecule has 1 spiro atoms. The first kappa shape index (κ1) is 19.0. The van der Waals surface area contributed by atoms with Gasteiger partial charge in [-0.2, -0.15) is 13.2 Å². The Morgan fingerprint density at radius 3 is 2.27 bits per heavy atom. The van der Waals surface area contributed by atoms with Gasteiger partial charge in [0.1, 0.15) is 5.75 Å². The molecule has 0 aromatic heterocycles. The van der Waals surface area contributed by atoms with Crippen molar-refractivity contribution in [3.05, 3.63) is 24.3 Å². The molecule has 1 saturated carbocycles. The molecule has 1 aliphatic carbocycles. The predicted octanol–water partition coefficient (Wildman–Crippen LogP) is 4.07. The zero-order chi connectivity index (χ0) is 19.0. The average Bonchev–Trinajstić information content (AvgIpc) is 2.93. The van der Waals surface area contributed by atoms with Gasteiger partial charge in [-0.05, 0) is 62.8 Å². The highest BCUT2D eigenvalue weighted by atomic mass is 19.4. The van der Waals surface area contributed by atoms with Crippen molar-refractivity contribution in [1.82, 2.24) is 0 Å². The minimum Gasteiger partial charge on any atom is -0.484 e. The van der Waals surface area contributed by atoms with Crippen LogP contribution in [0.1, 0.15) is 45.4 Å². The van der Waals surface area contributed by atoms with E-state index >= 15 is 0 Å². The van der Waals surface area contributed by atoms with Crippen LogP contribution in [0.5, 0.6) is 5.75 Å². The Kier molecular flexibility index (Phi) is 4.94. The van der Waals surface area contributed by atoms with Crippen LogP contribution in [-0.2, 0) is 4.79 Å². The third kappa shape index (κ3) is 3.82. The number of carbonyl (C=O) groups excluding carboxylic acids is 1. The molecule has 2 fully saturated rings. The van der Waals surface area contributed by atoms with Gasteiger partial charge in [0.15, 0.2) is 6.61 Å². The van der Waals surface area contributed by atoms with Gasteiger partial charge in [-0.1, -0.05) is 6.92 Å². The second kappa shape index (κ2) is 6.76. The molecule has 0 unspecified atom stereocenters. The first-order valence-electron chi connectivity index (χ1n) is 9.00. The maximum absolute atomic E-state index is 13.0. The molecule has 144 valence electrons. The monoisotopic (exact) mass is 371 g/mol. The minimum atomic E-state index is -4.38. The Morgan fingerprint density at radius 2 is 1.73 bits per heavy atom. The Hall–Kier alpha value is -1.76. The first-order valence-corrected chi connectivity index (χ1v) is 9.00. The van der Waals surface area contributed by atoms with Crippen molar-refractivity contribution < 1.29 is 27.8 Å². The summed E-state index contributed by atoms with van der Waals surface area (Å²) in [5.74, 6) is 0.178. The second-order valence-corrected chi connectivity index (χ2v) is 7.46. The molecule has 1 aliphatic heterocycles. The number of amides is 1. The number of alkyl halides is 3. The highest BCUT2D eigenvalue weighted by molar-refractivity contribution is 6.00. The van der Waals surface area contributed by atoms with Crippen molar-refractivity contribution in [2.45, 2.75) is 57.2 Å². The number of rotatable bonds is 4. The highest BCUT2D eigenvalue weighted by Gasteiger charge is 2.51. The molecule has 0 atom stereocenters. The van der Waals surface area contributed by atoms with Crippen molar-refractivity contribution in [1.29, 1.82) is 0 Å². The zero-order valence-electron chi connectivity index (χ0n) is 14.8. The highest BCUT2D eigenvalue weighted by Crippen LogP contribution is 2.49. The lowest BCUT2D eigenvalue weighted by atomic mass is 9.67. The molecule has 1 heterocycles. The summed E-state index contributed by atoms with van der Waals surface area (Å²) in [6.07, 6.45) is -0.310. The van der Waals surface area contributed by atoms with E-state index < -0.39 is 23.8 Å². The number of halogens is 3. The molecule has 1 N–H and O–H groups in total. The quantitative estimate of drug-likeness (QED) is 0.868. The third-order valence-electron chi connectivity index (χ3n) is 5.86. The van der Waals surface area contributed by atoms with E-state index in [4.69, 9.17) is 4.74 Å². The number of ether oxygens (including phenoxy) is 1. The largest absolute Gasteiger partial charge is 0.484 e. The molecule has 1 aromatic carbocycles. The summed E-state index contributed by atoms with van der Waals surface area (Å²) in [5, 5.41) is 10.4. The fourth-order valence-electron chi connectivity index (χ4n) is 3.97. The van der Waals surface area contributed by atoms with Crippen LogP contribution >= 0.6 is 0 Å². The summed E-state index contributed by atoms with van der Waals surface area (Å²) < 4.78 is 41.3. The van der Waals surface area contributed by atoms with Crippen LogP contribution in [0.3, 0.4) is 0 Å². The summed E-state index contributed by atoms with van der Waals surface area (Å²) in [4.78, 5) is 14.7. The number of carbonyl (C=O) groups is 1. The molecule has 3 rings (SSSR count). The van der Waals surface area contributed by atoms with Gasteiger partial charge in [0.25, 0.3) is 0 Å². The molecule has 4 nitrogen and oxygen atoms in total. The van der Waals surface area contributed by atoms with Crippen molar-refractivity contribution in [2.24, 2.45) is 5.41 Å². The molecular formula is C19H24F3NO3. The van der Waals surface area contributed by atoms with Gasteiger partial charge in [0.05, 0.1) is 11.0 Å². The average molecular weight is 371 g/mol. The molecule has 0 bridgehead atoms. The van der Waals surface area contributed by atoms with Gasteiger partial charge in [-0.3, -0.25) is 4.79 Å². The Labute approximate surface area is 150 Å². The molecule has 1 aromatic rings. The van der Waals surface area contributed by atoms with E-state index in [0.717, 1.165) is 6.42 Å². The van der Waals surface area contributed by atoms with E-state index in [0.29, 0.717) is 44.3 Å². The first-order chi connectivity index (χ1) is 12.2. The molecule has 2 aliphatic rings. The Bertz CT molecular complexity index is 649. The van der Waals surface area contributed by atoms with E-state index in [-0.39, 0.29) is 11.7 Å². The molecule has 26 heavy (non-hydrogen) atoms. The van der Waals surface area contributed by atoms with Crippen LogP contribution in [0.2, 0.25) is 0 Å². The van der Waals surface area contributed by atoms with E-state index in [1.54, 1.807) is 17.0 Å². The molecular weight excluding hydrogens is 347 g/mol. The number of nitrogens with zero attached hydrogens (tertiary/aromatic N) is 1. The lowest BCUT2D eigenvalue weighted by molar-refractivity contribution is -0.153. The standard InChI is InChI=1S/C19H24F3NO3/c1-2-18(25)9-7-17(8-10-18)11-12-23(16(17)24)14-3-5-15(6-4-14)26-13-19(20,21)22/h3-6,25H,2,7-13H2,1H3. The van der Waals surface area contributed by atoms with Crippen LogP contribution in [0.25, 0.3) is 0 Å². The van der Waals surface area contributed by atoms with Gasteiger partial charge >= 0.3 is 6.18 Å². The summed E-state index contributed by atoms with van der Waals surface area (Å²) in [6, 6.07) is 6.15. The van der Waals surface area contributed by atoms with Gasteiger partial charge in [0.2, 0.25) is 5.91 Å². The third-order valence-corrected chi connectivity index (χ3v) is 5.86. The number of anilines is 1. The van der Waals surface area contributed by atoms with Crippen LogP contribution < -0.4 is 9.64 Å². The summed E-state index contributed by atoms with van der Waals surface area (Å²) >= 11 is 0. The molecule has 1 saturated heterocycles. The van der Waals surface area contributed by atoms with E-state index in [2.05, 4.69) is 0 Å². The van der Waals surface area contributed by atoms with Crippen LogP contribution in [0.4, 0.5) is 18.9 Å². The molecule has 0 radical (unpaired) electrons. The summed E-state index contributed by atoms with van der Waals surface area (Å²) in [5.41, 5.74) is -0.397. The van der Waals surface area contributed by atoms with Crippen molar-refractivity contribution in [2.75, 3.05) is 18.1 Å². The predicted molar refractivity (Wildman–Crippen MR) is 91.1 cm³/mol. The Morgan fingerprint density at radius 1 is 1.12 bits per heavy atom. The lowest BCUT2D eigenvalue weighted by Crippen LogP contribution is -2.43. The fourth-order valence-corrected chi connectivity index (χ4v) is 3.97. The normalized spacial score (nSPS) is 29.4. The fraction of sp³-hybridized carbons (Fsp3) is 0.632. The van der Waals surface area contributed by atoms with Crippen molar-refractivity contribution >= 4 is 11.6 Å². The van der Waals surface area contributed by atoms with E-state index in [1.807, 2.05) is 6.92 Å². The summed E-state index contributed by atoms with van der Waals surface area (Å²) in [7, 11) is 0. The van der Waals surface area contributed by atoms with Crippen LogP contribution in [-0.4, -0.2) is 35.9 Å². The SMILES string of the molecule is CCC1(O)CCC2(CCN(c3ccc(OCC(F)(F)F)cc3)C2=O)CC1. The topological polar surface area (TPSA) is 49.8 Å². The maximum Gasteiger partial charge on any atom is 0.422 e. The molecule has 7 heteroatoms. The van der Waals surface area contributed by atoms with Crippen LogP contribution in [0.15, 0.2) is 24.3 Å². The van der Waals surface area contributed by atoms with Gasteiger partial charge in [-0.25, -0.2) is 0 Å². The van der Waals surface area contributed by atoms with Crippen molar-refractivity contribution in [3.8, 4) is 5.75 Å². The van der Waals surface area contributed by atoms with Crippen LogP contribution in [0, 0.1) is 5.41 Å². The maximum atomic E-state index is 13.0. The Balaban J connectivity index is 1.65. The van der Waals surface area contributed by atoms with Crippen molar-refractivity contribution in [3.63, 3.8) is 0 Å². The number of hydrogen-bond acceptors (Lipinski definition) is 3. The minimum absolute atomic E-state index is 0.0552. The van der Waals surface area contributed by atoms with E-state index in [9.17, 15) is 23.1 Å². The number of benzene rings is 1. The van der Waals surface area contributed by atoms with Gasteiger partial charge < -0.3 is 14.7 Å². The number of aliphatic hydroxyl groups is 1. The lowest BCUT2D eigenvalue weighted by Gasteiger charge is -2.40. The number of hydrogen-bond donors (Lipinski definition) is 1. The van der Waals surface area contributed by atoms with E-state index in [1.165, 1.54) is 12.1 Å².